The van der Waals surface area contributed by atoms with Gasteiger partial charge in [-0.25, -0.2) is 4.98 Å². The SMILES string of the molecule is Cc1cccc(N)c1NCCc1ccc2ncoc2c1. The predicted molar refractivity (Wildman–Crippen MR) is 81.8 cm³/mol. The predicted octanol–water partition coefficient (Wildman–Crippen LogP) is 3.37. The van der Waals surface area contributed by atoms with E-state index in [1.165, 1.54) is 12.0 Å². The summed E-state index contributed by atoms with van der Waals surface area (Å²) in [7, 11) is 0. The topological polar surface area (TPSA) is 64.1 Å². The molecule has 1 aromatic heterocycles. The fourth-order valence-corrected chi connectivity index (χ4v) is 2.32. The first-order chi connectivity index (χ1) is 9.74. The Morgan fingerprint density at radius 3 is 3.00 bits per heavy atom. The normalized spacial score (nSPS) is 10.8. The van der Waals surface area contributed by atoms with Crippen LogP contribution in [0.2, 0.25) is 0 Å². The van der Waals surface area contributed by atoms with E-state index in [0.29, 0.717) is 0 Å². The van der Waals surface area contributed by atoms with Crippen molar-refractivity contribution in [2.75, 3.05) is 17.6 Å². The van der Waals surface area contributed by atoms with Crippen molar-refractivity contribution in [1.82, 2.24) is 4.98 Å². The van der Waals surface area contributed by atoms with E-state index < -0.39 is 0 Å². The third-order valence-electron chi connectivity index (χ3n) is 3.42. The van der Waals surface area contributed by atoms with Crippen LogP contribution in [0.15, 0.2) is 47.2 Å². The molecule has 3 rings (SSSR count). The number of rotatable bonds is 4. The molecule has 0 amide bonds. The molecule has 0 saturated carbocycles. The first kappa shape index (κ1) is 12.5. The van der Waals surface area contributed by atoms with Crippen LogP contribution in [0.4, 0.5) is 11.4 Å². The summed E-state index contributed by atoms with van der Waals surface area (Å²) in [5.74, 6) is 0. The Bertz CT molecular complexity index is 713. The van der Waals surface area contributed by atoms with E-state index in [1.807, 2.05) is 24.3 Å². The smallest absolute Gasteiger partial charge is 0.181 e. The van der Waals surface area contributed by atoms with Crippen LogP contribution < -0.4 is 11.1 Å². The Balaban J connectivity index is 1.67. The second-order valence-corrected chi connectivity index (χ2v) is 4.87. The highest BCUT2D eigenvalue weighted by atomic mass is 16.3. The molecule has 0 unspecified atom stereocenters. The van der Waals surface area contributed by atoms with Crippen LogP contribution in [0.3, 0.4) is 0 Å². The van der Waals surface area contributed by atoms with Crippen LogP contribution in [0.25, 0.3) is 11.1 Å². The molecule has 0 fully saturated rings. The van der Waals surface area contributed by atoms with E-state index >= 15 is 0 Å². The van der Waals surface area contributed by atoms with Gasteiger partial charge < -0.3 is 15.5 Å². The number of aromatic nitrogens is 1. The van der Waals surface area contributed by atoms with Gasteiger partial charge in [-0.05, 0) is 42.7 Å². The lowest BCUT2D eigenvalue weighted by atomic mass is 10.1. The van der Waals surface area contributed by atoms with Gasteiger partial charge in [0.05, 0.1) is 11.4 Å². The van der Waals surface area contributed by atoms with Crippen LogP contribution in [-0.4, -0.2) is 11.5 Å². The zero-order valence-electron chi connectivity index (χ0n) is 11.4. The number of hydrogen-bond donors (Lipinski definition) is 2. The van der Waals surface area contributed by atoms with Crippen LogP contribution >= 0.6 is 0 Å². The van der Waals surface area contributed by atoms with Gasteiger partial charge in [0.25, 0.3) is 0 Å². The molecule has 102 valence electrons. The third kappa shape index (κ3) is 2.45. The molecule has 20 heavy (non-hydrogen) atoms. The zero-order valence-corrected chi connectivity index (χ0v) is 11.4. The van der Waals surface area contributed by atoms with Crippen LogP contribution in [0, 0.1) is 6.92 Å². The second kappa shape index (κ2) is 5.25. The van der Waals surface area contributed by atoms with Crippen molar-refractivity contribution < 1.29 is 4.42 Å². The fourth-order valence-electron chi connectivity index (χ4n) is 2.32. The zero-order chi connectivity index (χ0) is 13.9. The average molecular weight is 267 g/mol. The first-order valence-corrected chi connectivity index (χ1v) is 6.65. The van der Waals surface area contributed by atoms with E-state index in [4.69, 9.17) is 10.2 Å². The Labute approximate surface area is 117 Å². The number of nitrogens with zero attached hydrogens (tertiary/aromatic N) is 1. The number of nitrogen functional groups attached to an aromatic ring is 1. The van der Waals surface area contributed by atoms with E-state index in [2.05, 4.69) is 29.4 Å². The van der Waals surface area contributed by atoms with Gasteiger partial charge in [0.2, 0.25) is 0 Å². The summed E-state index contributed by atoms with van der Waals surface area (Å²) in [6.45, 7) is 2.88. The number of oxazole rings is 1. The quantitative estimate of drug-likeness (QED) is 0.711. The molecule has 3 aromatic rings. The van der Waals surface area contributed by atoms with Gasteiger partial charge in [-0.3, -0.25) is 0 Å². The molecule has 4 heteroatoms. The fraction of sp³-hybridized carbons (Fsp3) is 0.188. The number of anilines is 2. The minimum Gasteiger partial charge on any atom is -0.443 e. The summed E-state index contributed by atoms with van der Waals surface area (Å²) in [5, 5.41) is 3.40. The monoisotopic (exact) mass is 267 g/mol. The lowest BCUT2D eigenvalue weighted by Gasteiger charge is -2.12. The molecule has 0 saturated heterocycles. The summed E-state index contributed by atoms with van der Waals surface area (Å²) in [5.41, 5.74) is 11.9. The number of aryl methyl sites for hydroxylation is 1. The van der Waals surface area contributed by atoms with Gasteiger partial charge in [0.15, 0.2) is 12.0 Å². The average Bonchev–Trinajstić information content (AvgIpc) is 2.89. The summed E-state index contributed by atoms with van der Waals surface area (Å²) >= 11 is 0. The third-order valence-corrected chi connectivity index (χ3v) is 3.42. The van der Waals surface area contributed by atoms with Gasteiger partial charge in [0, 0.05) is 6.54 Å². The van der Waals surface area contributed by atoms with Crippen LogP contribution in [0.5, 0.6) is 0 Å². The number of para-hydroxylation sites is 1. The van der Waals surface area contributed by atoms with Crippen molar-refractivity contribution in [2.45, 2.75) is 13.3 Å². The lowest BCUT2D eigenvalue weighted by molar-refractivity contribution is 0.601. The largest absolute Gasteiger partial charge is 0.443 e. The summed E-state index contributed by atoms with van der Waals surface area (Å²) < 4.78 is 5.31. The molecule has 2 aromatic carbocycles. The minimum absolute atomic E-state index is 0.788. The van der Waals surface area contributed by atoms with E-state index in [-0.39, 0.29) is 0 Å². The maximum Gasteiger partial charge on any atom is 0.181 e. The Morgan fingerprint density at radius 2 is 2.15 bits per heavy atom. The highest BCUT2D eigenvalue weighted by Gasteiger charge is 2.03. The molecule has 0 radical (unpaired) electrons. The molecule has 0 aliphatic carbocycles. The molecular weight excluding hydrogens is 250 g/mol. The maximum absolute atomic E-state index is 5.98. The van der Waals surface area contributed by atoms with Crippen molar-refractivity contribution in [1.29, 1.82) is 0 Å². The number of fused-ring (bicyclic) bond motifs is 1. The first-order valence-electron chi connectivity index (χ1n) is 6.65. The number of benzene rings is 2. The van der Waals surface area contributed by atoms with Gasteiger partial charge in [-0.2, -0.15) is 0 Å². The molecule has 0 bridgehead atoms. The molecule has 3 N–H and O–H groups in total. The molecular formula is C16H17N3O. The molecule has 0 spiro atoms. The number of nitrogens with one attached hydrogen (secondary N) is 1. The van der Waals surface area contributed by atoms with Crippen molar-refractivity contribution in [3.8, 4) is 0 Å². The van der Waals surface area contributed by atoms with E-state index in [9.17, 15) is 0 Å². The van der Waals surface area contributed by atoms with Crippen molar-refractivity contribution in [3.63, 3.8) is 0 Å². The van der Waals surface area contributed by atoms with E-state index in [1.54, 1.807) is 0 Å². The van der Waals surface area contributed by atoms with E-state index in [0.717, 1.165) is 41.0 Å². The highest BCUT2D eigenvalue weighted by molar-refractivity contribution is 5.73. The summed E-state index contributed by atoms with van der Waals surface area (Å²) in [6.07, 6.45) is 2.38. The molecule has 4 nitrogen and oxygen atoms in total. The second-order valence-electron chi connectivity index (χ2n) is 4.87. The Morgan fingerprint density at radius 1 is 1.25 bits per heavy atom. The molecule has 0 aliphatic heterocycles. The van der Waals surface area contributed by atoms with Crippen molar-refractivity contribution in [3.05, 3.63) is 53.9 Å². The summed E-state index contributed by atoms with van der Waals surface area (Å²) in [6, 6.07) is 12.0. The standard InChI is InChI=1S/C16H17N3O/c1-11-3-2-4-13(17)16(11)18-8-7-12-5-6-14-15(9-12)20-10-19-14/h2-6,9-10,18H,7-8,17H2,1H3. The van der Waals surface area contributed by atoms with Crippen molar-refractivity contribution >= 4 is 22.5 Å². The van der Waals surface area contributed by atoms with Gasteiger partial charge in [-0.15, -0.1) is 0 Å². The van der Waals surface area contributed by atoms with Gasteiger partial charge >= 0.3 is 0 Å². The Kier molecular flexibility index (Phi) is 3.29. The van der Waals surface area contributed by atoms with Crippen molar-refractivity contribution in [2.24, 2.45) is 0 Å². The lowest BCUT2D eigenvalue weighted by Crippen LogP contribution is -2.08. The number of nitrogens with two attached hydrogens (primary N) is 1. The minimum atomic E-state index is 0.788. The molecule has 1 heterocycles. The number of hydrogen-bond acceptors (Lipinski definition) is 4. The summed E-state index contributed by atoms with van der Waals surface area (Å²) in [4.78, 5) is 4.11. The Hall–Kier alpha value is -2.49. The maximum atomic E-state index is 5.98. The van der Waals surface area contributed by atoms with Gasteiger partial charge in [-0.1, -0.05) is 18.2 Å². The molecule has 0 atom stereocenters. The highest BCUT2D eigenvalue weighted by Crippen LogP contribution is 2.22. The van der Waals surface area contributed by atoms with Crippen LogP contribution in [-0.2, 0) is 6.42 Å². The molecule has 0 aliphatic rings. The van der Waals surface area contributed by atoms with Crippen LogP contribution in [0.1, 0.15) is 11.1 Å². The van der Waals surface area contributed by atoms with Gasteiger partial charge in [0.1, 0.15) is 5.52 Å².